The van der Waals surface area contributed by atoms with Crippen molar-refractivity contribution < 1.29 is 13.2 Å². The van der Waals surface area contributed by atoms with Crippen LogP contribution < -0.4 is 0 Å². The molecule has 3 aromatic rings. The number of carbonyl (C=O) groups is 1. The highest BCUT2D eigenvalue weighted by Gasteiger charge is 2.29. The Morgan fingerprint density at radius 3 is 2.15 bits per heavy atom. The third-order valence-electron chi connectivity index (χ3n) is 6.41. The fraction of sp³-hybridized carbons (Fsp3) is 0.346. The summed E-state index contributed by atoms with van der Waals surface area (Å²) in [5, 5.41) is 0. The number of hydrogen-bond acceptors (Lipinski definition) is 4. The first-order valence-corrected chi connectivity index (χ1v) is 12.8. The summed E-state index contributed by atoms with van der Waals surface area (Å²) in [4.78, 5) is 15.5. The minimum absolute atomic E-state index is 0.0664. The molecule has 1 saturated heterocycles. The van der Waals surface area contributed by atoms with E-state index < -0.39 is 10.0 Å². The number of rotatable bonds is 7. The largest absolute Gasteiger partial charge is 0.318 e. The van der Waals surface area contributed by atoms with Gasteiger partial charge in [-0.1, -0.05) is 37.3 Å². The molecular weight excluding hydrogens is 434 g/mol. The number of ketones is 1. The highest BCUT2D eigenvalue weighted by molar-refractivity contribution is 7.89. The second-order valence-corrected chi connectivity index (χ2v) is 10.5. The molecule has 0 amide bonds. The normalized spacial score (nSPS) is 15.6. The number of aryl methyl sites for hydroxylation is 2. The molecule has 2 heterocycles. The van der Waals surface area contributed by atoms with Crippen molar-refractivity contribution in [3.05, 3.63) is 83.2 Å². The molecule has 0 aliphatic carbocycles. The summed E-state index contributed by atoms with van der Waals surface area (Å²) in [6.07, 6.45) is 0.876. The number of aromatic nitrogens is 1. The van der Waals surface area contributed by atoms with Crippen molar-refractivity contribution in [2.45, 2.75) is 32.1 Å². The number of hydrogen-bond donors (Lipinski definition) is 0. The van der Waals surface area contributed by atoms with E-state index in [0.29, 0.717) is 31.1 Å². The zero-order valence-corrected chi connectivity index (χ0v) is 20.3. The van der Waals surface area contributed by atoms with Crippen molar-refractivity contribution >= 4 is 15.8 Å². The number of carbonyl (C=O) groups excluding carboxylic acids is 1. The molecule has 0 saturated carbocycles. The number of benzene rings is 2. The molecule has 0 spiro atoms. The van der Waals surface area contributed by atoms with E-state index in [0.717, 1.165) is 34.6 Å². The van der Waals surface area contributed by atoms with Crippen LogP contribution in [0.4, 0.5) is 0 Å². The Morgan fingerprint density at radius 1 is 0.909 bits per heavy atom. The van der Waals surface area contributed by atoms with Crippen LogP contribution in [0.15, 0.2) is 65.6 Å². The lowest BCUT2D eigenvalue weighted by Gasteiger charge is -2.33. The van der Waals surface area contributed by atoms with Crippen LogP contribution in [0.2, 0.25) is 0 Å². The molecule has 0 N–H and O–H groups in total. The molecule has 0 radical (unpaired) electrons. The van der Waals surface area contributed by atoms with Crippen molar-refractivity contribution in [3.63, 3.8) is 0 Å². The van der Waals surface area contributed by atoms with Crippen LogP contribution in [0.5, 0.6) is 0 Å². The molecule has 1 fully saturated rings. The fourth-order valence-corrected chi connectivity index (χ4v) is 5.90. The van der Waals surface area contributed by atoms with Crippen LogP contribution in [0.1, 0.15) is 34.2 Å². The van der Waals surface area contributed by atoms with Crippen LogP contribution >= 0.6 is 0 Å². The average molecular weight is 466 g/mol. The van der Waals surface area contributed by atoms with Crippen LogP contribution in [0.3, 0.4) is 0 Å². The Hall–Kier alpha value is -2.74. The SMILES string of the molecule is CCc1ccc(S(=O)(=O)N2CCN(CC(=O)c3cc(C)n(-c4ccccc4)c3C)CC2)cc1. The lowest BCUT2D eigenvalue weighted by molar-refractivity contribution is 0.0901. The molecule has 0 bridgehead atoms. The predicted molar refractivity (Wildman–Crippen MR) is 131 cm³/mol. The predicted octanol–water partition coefficient (Wildman–Crippen LogP) is 3.85. The van der Waals surface area contributed by atoms with Crippen LogP contribution in [-0.4, -0.2) is 60.7 Å². The van der Waals surface area contributed by atoms with Gasteiger partial charge in [0.05, 0.1) is 11.4 Å². The Kier molecular flexibility index (Phi) is 6.83. The van der Waals surface area contributed by atoms with Crippen LogP contribution in [-0.2, 0) is 16.4 Å². The van der Waals surface area contributed by atoms with Gasteiger partial charge < -0.3 is 4.57 Å². The quantitative estimate of drug-likeness (QED) is 0.498. The van der Waals surface area contributed by atoms with E-state index in [1.807, 2.05) is 74.2 Å². The molecule has 6 nitrogen and oxygen atoms in total. The maximum Gasteiger partial charge on any atom is 0.243 e. The van der Waals surface area contributed by atoms with Crippen LogP contribution in [0.25, 0.3) is 5.69 Å². The van der Waals surface area contributed by atoms with Gasteiger partial charge in [-0.25, -0.2) is 8.42 Å². The van der Waals surface area contributed by atoms with E-state index >= 15 is 0 Å². The maximum absolute atomic E-state index is 13.1. The molecular formula is C26H31N3O3S. The number of piperazine rings is 1. The summed E-state index contributed by atoms with van der Waals surface area (Å²) in [6, 6.07) is 19.1. The minimum Gasteiger partial charge on any atom is -0.318 e. The standard InChI is InChI=1S/C26H31N3O3S/c1-4-22-10-12-24(13-11-22)33(31,32)28-16-14-27(15-17-28)19-26(30)25-18-20(2)29(21(25)3)23-8-6-5-7-9-23/h5-13,18H,4,14-17,19H2,1-3H3. The number of sulfonamides is 1. The lowest BCUT2D eigenvalue weighted by Crippen LogP contribution is -2.49. The molecule has 33 heavy (non-hydrogen) atoms. The van der Waals surface area contributed by atoms with Gasteiger partial charge in [0.2, 0.25) is 10.0 Å². The third-order valence-corrected chi connectivity index (χ3v) is 8.33. The molecule has 1 aromatic heterocycles. The number of para-hydroxylation sites is 1. The smallest absolute Gasteiger partial charge is 0.243 e. The van der Waals surface area contributed by atoms with Gasteiger partial charge in [0.25, 0.3) is 0 Å². The monoisotopic (exact) mass is 465 g/mol. The van der Waals surface area contributed by atoms with Crippen LogP contribution in [0, 0.1) is 13.8 Å². The van der Waals surface area contributed by atoms with Gasteiger partial charge in [-0.2, -0.15) is 4.31 Å². The van der Waals surface area contributed by atoms with Crippen molar-refractivity contribution in [2.24, 2.45) is 0 Å². The van der Waals surface area contributed by atoms with E-state index in [2.05, 4.69) is 4.57 Å². The minimum atomic E-state index is -3.51. The maximum atomic E-state index is 13.1. The van der Waals surface area contributed by atoms with Crippen molar-refractivity contribution in [2.75, 3.05) is 32.7 Å². The van der Waals surface area contributed by atoms with Crippen molar-refractivity contribution in [1.82, 2.24) is 13.8 Å². The molecule has 0 unspecified atom stereocenters. The van der Waals surface area contributed by atoms with Gasteiger partial charge in [0, 0.05) is 48.8 Å². The van der Waals surface area contributed by atoms with E-state index in [1.165, 1.54) is 4.31 Å². The first-order valence-electron chi connectivity index (χ1n) is 11.4. The Bertz CT molecular complexity index is 1220. The van der Waals surface area contributed by atoms with Gasteiger partial charge in [0.1, 0.15) is 0 Å². The molecule has 0 atom stereocenters. The average Bonchev–Trinajstić information content (AvgIpc) is 3.14. The molecule has 1 aliphatic rings. The van der Waals surface area contributed by atoms with Gasteiger partial charge >= 0.3 is 0 Å². The summed E-state index contributed by atoms with van der Waals surface area (Å²) in [5.74, 6) is 0.0664. The van der Waals surface area contributed by atoms with E-state index in [1.54, 1.807) is 12.1 Å². The highest BCUT2D eigenvalue weighted by atomic mass is 32.2. The van der Waals surface area contributed by atoms with E-state index in [-0.39, 0.29) is 12.3 Å². The second kappa shape index (κ2) is 9.63. The number of Topliss-reactive ketones (excluding diaryl/α,β-unsaturated/α-hetero) is 1. The number of nitrogens with zero attached hydrogens (tertiary/aromatic N) is 3. The van der Waals surface area contributed by atoms with Gasteiger partial charge in [-0.05, 0) is 56.2 Å². The summed E-state index contributed by atoms with van der Waals surface area (Å²) in [5.41, 5.74) is 4.83. The first-order chi connectivity index (χ1) is 15.8. The molecule has 174 valence electrons. The Labute approximate surface area is 196 Å². The van der Waals surface area contributed by atoms with Crippen molar-refractivity contribution in [3.8, 4) is 5.69 Å². The molecule has 1 aliphatic heterocycles. The molecule has 2 aromatic carbocycles. The zero-order chi connectivity index (χ0) is 23.6. The van der Waals surface area contributed by atoms with E-state index in [4.69, 9.17) is 0 Å². The molecule has 7 heteroatoms. The lowest BCUT2D eigenvalue weighted by atomic mass is 10.1. The zero-order valence-electron chi connectivity index (χ0n) is 19.5. The van der Waals surface area contributed by atoms with Gasteiger partial charge in [-0.15, -0.1) is 0 Å². The first kappa shape index (κ1) is 23.4. The topological polar surface area (TPSA) is 62.6 Å². The third kappa shape index (κ3) is 4.81. The summed E-state index contributed by atoms with van der Waals surface area (Å²) < 4.78 is 29.6. The summed E-state index contributed by atoms with van der Waals surface area (Å²) in [7, 11) is -3.51. The highest BCUT2D eigenvalue weighted by Crippen LogP contribution is 2.22. The van der Waals surface area contributed by atoms with Crippen molar-refractivity contribution in [1.29, 1.82) is 0 Å². The Morgan fingerprint density at radius 2 is 1.55 bits per heavy atom. The summed E-state index contributed by atoms with van der Waals surface area (Å²) in [6.45, 7) is 8.16. The molecule has 4 rings (SSSR count). The second-order valence-electron chi connectivity index (χ2n) is 8.56. The Balaban J connectivity index is 1.41. The summed E-state index contributed by atoms with van der Waals surface area (Å²) >= 11 is 0. The van der Waals surface area contributed by atoms with E-state index in [9.17, 15) is 13.2 Å². The van der Waals surface area contributed by atoms with Gasteiger partial charge in [0.15, 0.2) is 5.78 Å². The fourth-order valence-electron chi connectivity index (χ4n) is 4.48. The van der Waals surface area contributed by atoms with Gasteiger partial charge in [-0.3, -0.25) is 9.69 Å².